The summed E-state index contributed by atoms with van der Waals surface area (Å²) >= 11 is 2.06. The molecule has 2 aromatic rings. The molecule has 1 aromatic carbocycles. The molecule has 2 rings (SSSR count). The van der Waals surface area contributed by atoms with Gasteiger partial charge in [0.25, 0.3) is 0 Å². The Balaban J connectivity index is 2.20. The van der Waals surface area contributed by atoms with E-state index < -0.39 is 5.97 Å². The number of halogens is 1. The van der Waals surface area contributed by atoms with Crippen molar-refractivity contribution < 1.29 is 14.6 Å². The lowest BCUT2D eigenvalue weighted by Gasteiger charge is -2.09. The molecule has 19 heavy (non-hydrogen) atoms. The first-order valence-electron chi connectivity index (χ1n) is 5.49. The molecule has 0 aliphatic heterocycles. The van der Waals surface area contributed by atoms with E-state index in [1.165, 1.54) is 0 Å². The minimum absolute atomic E-state index is 0.144. The van der Waals surface area contributed by atoms with E-state index in [9.17, 15) is 4.79 Å². The van der Waals surface area contributed by atoms with Gasteiger partial charge in [0.15, 0.2) is 5.82 Å². The van der Waals surface area contributed by atoms with E-state index in [1.807, 2.05) is 14.0 Å². The number of carboxylic acid groups (broad SMARTS) is 1. The van der Waals surface area contributed by atoms with Crippen molar-refractivity contribution in [3.8, 4) is 5.75 Å². The highest BCUT2D eigenvalue weighted by Gasteiger charge is 2.13. The van der Waals surface area contributed by atoms with E-state index in [2.05, 4.69) is 32.8 Å². The molecule has 0 atom stereocenters. The molecule has 1 heterocycles. The third-order valence-corrected chi connectivity index (χ3v) is 3.38. The quantitative estimate of drug-likeness (QED) is 0.830. The summed E-state index contributed by atoms with van der Waals surface area (Å²) in [5, 5.41) is 17.0. The van der Waals surface area contributed by atoms with Crippen molar-refractivity contribution in [2.75, 3.05) is 0 Å². The van der Waals surface area contributed by atoms with Crippen LogP contribution in [0.3, 0.4) is 0 Å². The third kappa shape index (κ3) is 3.03. The minimum Gasteiger partial charge on any atom is -0.485 e. The van der Waals surface area contributed by atoms with Crippen LogP contribution in [-0.4, -0.2) is 25.8 Å². The summed E-state index contributed by atoms with van der Waals surface area (Å²) in [5.74, 6) is 0.739. The maximum Gasteiger partial charge on any atom is 0.339 e. The van der Waals surface area contributed by atoms with Crippen LogP contribution in [0.1, 0.15) is 22.0 Å². The van der Waals surface area contributed by atoms with Gasteiger partial charge in [0.05, 0.1) is 0 Å². The fraction of sp³-hybridized carbons (Fsp3) is 0.250. The second kappa shape index (κ2) is 5.55. The van der Waals surface area contributed by atoms with Gasteiger partial charge in [-0.3, -0.25) is 0 Å². The lowest BCUT2D eigenvalue weighted by atomic mass is 10.2. The normalized spacial score (nSPS) is 10.5. The van der Waals surface area contributed by atoms with Gasteiger partial charge in [-0.2, -0.15) is 0 Å². The molecule has 1 N–H and O–H groups in total. The molecule has 0 saturated heterocycles. The van der Waals surface area contributed by atoms with Crippen molar-refractivity contribution in [2.24, 2.45) is 7.05 Å². The van der Waals surface area contributed by atoms with Crippen LogP contribution >= 0.6 is 22.6 Å². The lowest BCUT2D eigenvalue weighted by molar-refractivity contribution is 0.0691. The molecule has 1 aromatic heterocycles. The molecule has 0 spiro atoms. The summed E-state index contributed by atoms with van der Waals surface area (Å²) in [6, 6.07) is 5.01. The summed E-state index contributed by atoms with van der Waals surface area (Å²) in [6.45, 7) is 2.02. The van der Waals surface area contributed by atoms with Gasteiger partial charge in [-0.05, 0) is 47.7 Å². The van der Waals surface area contributed by atoms with Crippen LogP contribution in [0.4, 0.5) is 0 Å². The number of rotatable bonds is 4. The number of hydrogen-bond donors (Lipinski definition) is 1. The van der Waals surface area contributed by atoms with Gasteiger partial charge in [0.1, 0.15) is 23.7 Å². The molecule has 0 radical (unpaired) electrons. The number of nitrogens with zero attached hydrogens (tertiary/aromatic N) is 3. The molecule has 0 unspecified atom stereocenters. The average molecular weight is 373 g/mol. The van der Waals surface area contributed by atoms with Crippen molar-refractivity contribution in [3.05, 3.63) is 39.0 Å². The summed E-state index contributed by atoms with van der Waals surface area (Å²) in [5.41, 5.74) is 0.144. The van der Waals surface area contributed by atoms with Gasteiger partial charge in [0.2, 0.25) is 0 Å². The van der Waals surface area contributed by atoms with Gasteiger partial charge >= 0.3 is 5.97 Å². The Kier molecular flexibility index (Phi) is 4.03. The van der Waals surface area contributed by atoms with E-state index in [4.69, 9.17) is 9.84 Å². The van der Waals surface area contributed by atoms with Crippen LogP contribution in [-0.2, 0) is 13.7 Å². The Labute approximate surface area is 123 Å². The van der Waals surface area contributed by atoms with Gasteiger partial charge in [-0.25, -0.2) is 4.79 Å². The molecule has 0 aliphatic carbocycles. The molecule has 0 bridgehead atoms. The lowest BCUT2D eigenvalue weighted by Crippen LogP contribution is -2.07. The number of ether oxygens (including phenoxy) is 1. The van der Waals surface area contributed by atoms with Crippen molar-refractivity contribution in [1.82, 2.24) is 14.8 Å². The highest BCUT2D eigenvalue weighted by Crippen LogP contribution is 2.22. The van der Waals surface area contributed by atoms with Crippen molar-refractivity contribution in [3.63, 3.8) is 0 Å². The highest BCUT2D eigenvalue weighted by atomic mass is 127. The standard InChI is InChI=1S/C12H12IN3O3/c1-7-14-15-11(16(7)2)6-19-10-4-3-8(13)5-9(10)12(17)18/h3-5H,6H2,1-2H3,(H,17,18). The second-order valence-corrected chi connectivity index (χ2v) is 5.20. The highest BCUT2D eigenvalue weighted by molar-refractivity contribution is 14.1. The predicted molar refractivity (Wildman–Crippen MR) is 76.2 cm³/mol. The molecule has 0 saturated carbocycles. The van der Waals surface area contributed by atoms with E-state index >= 15 is 0 Å². The van der Waals surface area contributed by atoms with E-state index in [0.29, 0.717) is 11.6 Å². The van der Waals surface area contributed by atoms with Crippen LogP contribution in [0.25, 0.3) is 0 Å². The largest absolute Gasteiger partial charge is 0.485 e. The van der Waals surface area contributed by atoms with E-state index in [0.717, 1.165) is 9.39 Å². The van der Waals surface area contributed by atoms with Crippen molar-refractivity contribution in [2.45, 2.75) is 13.5 Å². The number of aromatic carboxylic acids is 1. The van der Waals surface area contributed by atoms with Crippen molar-refractivity contribution in [1.29, 1.82) is 0 Å². The molecule has 0 fully saturated rings. The summed E-state index contributed by atoms with van der Waals surface area (Å²) in [7, 11) is 1.83. The first-order chi connectivity index (χ1) is 8.99. The number of carboxylic acids is 1. The van der Waals surface area contributed by atoms with E-state index in [-0.39, 0.29) is 12.2 Å². The van der Waals surface area contributed by atoms with Gasteiger partial charge in [-0.1, -0.05) is 0 Å². The average Bonchev–Trinajstić information content (AvgIpc) is 2.68. The second-order valence-electron chi connectivity index (χ2n) is 3.96. The monoisotopic (exact) mass is 373 g/mol. The number of hydrogen-bond acceptors (Lipinski definition) is 4. The zero-order chi connectivity index (χ0) is 14.0. The zero-order valence-electron chi connectivity index (χ0n) is 10.4. The predicted octanol–water partition coefficient (Wildman–Crippen LogP) is 2.01. The summed E-state index contributed by atoms with van der Waals surface area (Å²) in [4.78, 5) is 11.1. The van der Waals surface area contributed by atoms with Gasteiger partial charge in [-0.15, -0.1) is 10.2 Å². The Morgan fingerprint density at radius 1 is 1.47 bits per heavy atom. The number of aromatic nitrogens is 3. The first kappa shape index (κ1) is 13.8. The molecular formula is C12H12IN3O3. The van der Waals surface area contributed by atoms with Crippen molar-refractivity contribution >= 4 is 28.6 Å². The number of carbonyl (C=O) groups is 1. The molecule has 100 valence electrons. The number of benzene rings is 1. The Morgan fingerprint density at radius 2 is 2.21 bits per heavy atom. The minimum atomic E-state index is -1.01. The summed E-state index contributed by atoms with van der Waals surface area (Å²) in [6.07, 6.45) is 0. The fourth-order valence-electron chi connectivity index (χ4n) is 1.51. The first-order valence-corrected chi connectivity index (χ1v) is 6.57. The Morgan fingerprint density at radius 3 is 2.79 bits per heavy atom. The maximum absolute atomic E-state index is 11.1. The van der Waals surface area contributed by atoms with Gasteiger partial charge < -0.3 is 14.4 Å². The van der Waals surface area contributed by atoms with E-state index in [1.54, 1.807) is 22.8 Å². The SMILES string of the molecule is Cc1nnc(COc2ccc(I)cc2C(=O)O)n1C. The Bertz CT molecular complexity index is 625. The Hall–Kier alpha value is -1.64. The molecule has 0 amide bonds. The smallest absolute Gasteiger partial charge is 0.339 e. The third-order valence-electron chi connectivity index (χ3n) is 2.71. The van der Waals surface area contributed by atoms with Crippen LogP contribution in [0.2, 0.25) is 0 Å². The topological polar surface area (TPSA) is 77.2 Å². The van der Waals surface area contributed by atoms with Gasteiger partial charge in [0, 0.05) is 10.6 Å². The number of aryl methyl sites for hydroxylation is 1. The molecule has 0 aliphatic rings. The van der Waals surface area contributed by atoms with Crippen LogP contribution < -0.4 is 4.74 Å². The van der Waals surface area contributed by atoms with Crippen LogP contribution in [0.5, 0.6) is 5.75 Å². The molecule has 7 heteroatoms. The fourth-order valence-corrected chi connectivity index (χ4v) is 2.01. The maximum atomic E-state index is 11.1. The van der Waals surface area contributed by atoms with Crippen LogP contribution in [0.15, 0.2) is 18.2 Å². The van der Waals surface area contributed by atoms with Crippen LogP contribution in [0, 0.1) is 10.5 Å². The zero-order valence-corrected chi connectivity index (χ0v) is 12.6. The molecule has 6 nitrogen and oxygen atoms in total. The molecular weight excluding hydrogens is 361 g/mol. The summed E-state index contributed by atoms with van der Waals surface area (Å²) < 4.78 is 8.17.